The minimum absolute atomic E-state index is 0.0177. The lowest BCUT2D eigenvalue weighted by atomic mass is 10.1. The van der Waals surface area contributed by atoms with Crippen molar-refractivity contribution < 1.29 is 14.3 Å². The monoisotopic (exact) mass is 357 g/mol. The summed E-state index contributed by atoms with van der Waals surface area (Å²) in [6, 6.07) is 7.78. The van der Waals surface area contributed by atoms with E-state index in [4.69, 9.17) is 4.74 Å². The number of amides is 2. The molecule has 2 aliphatic rings. The Morgan fingerprint density at radius 3 is 2.92 bits per heavy atom. The van der Waals surface area contributed by atoms with Crippen molar-refractivity contribution in [1.82, 2.24) is 4.98 Å². The molecule has 6 nitrogen and oxygen atoms in total. The van der Waals surface area contributed by atoms with Gasteiger partial charge in [-0.15, -0.1) is 0 Å². The van der Waals surface area contributed by atoms with E-state index in [1.165, 1.54) is 11.3 Å². The molecule has 0 aliphatic carbocycles. The van der Waals surface area contributed by atoms with Gasteiger partial charge in [0, 0.05) is 25.1 Å². The molecule has 0 saturated carbocycles. The molecule has 1 aromatic carbocycles. The predicted octanol–water partition coefficient (Wildman–Crippen LogP) is 2.52. The molecular weight excluding hydrogens is 338 g/mol. The maximum Gasteiger partial charge on any atom is 0.231 e. The van der Waals surface area contributed by atoms with Crippen molar-refractivity contribution in [2.75, 3.05) is 23.4 Å². The van der Waals surface area contributed by atoms with Crippen molar-refractivity contribution >= 4 is 34.0 Å². The largest absolute Gasteiger partial charge is 0.375 e. The summed E-state index contributed by atoms with van der Waals surface area (Å²) in [6.45, 7) is 3.64. The second-order valence-corrected chi connectivity index (χ2v) is 7.51. The van der Waals surface area contributed by atoms with E-state index >= 15 is 0 Å². The Morgan fingerprint density at radius 2 is 2.16 bits per heavy atom. The molecule has 0 bridgehead atoms. The zero-order valence-corrected chi connectivity index (χ0v) is 14.8. The first kappa shape index (κ1) is 16.2. The number of carbonyl (C=O) groups is 2. The summed E-state index contributed by atoms with van der Waals surface area (Å²) in [5.74, 6) is -0.517. The van der Waals surface area contributed by atoms with Gasteiger partial charge in [0.25, 0.3) is 0 Å². The Hall–Kier alpha value is -2.25. The normalized spacial score (nSPS) is 19.8. The highest BCUT2D eigenvalue weighted by molar-refractivity contribution is 7.15. The van der Waals surface area contributed by atoms with E-state index in [9.17, 15) is 9.59 Å². The fraction of sp³-hybridized carbons (Fsp3) is 0.389. The second-order valence-electron chi connectivity index (χ2n) is 6.42. The molecule has 2 aliphatic heterocycles. The Labute approximate surface area is 149 Å². The van der Waals surface area contributed by atoms with E-state index in [-0.39, 0.29) is 24.2 Å². The molecule has 0 radical (unpaired) electrons. The molecule has 130 valence electrons. The summed E-state index contributed by atoms with van der Waals surface area (Å²) in [7, 11) is 0. The van der Waals surface area contributed by atoms with Crippen molar-refractivity contribution in [3.63, 3.8) is 0 Å². The lowest BCUT2D eigenvalue weighted by molar-refractivity contribution is -0.122. The molecule has 2 aromatic rings. The summed E-state index contributed by atoms with van der Waals surface area (Å²) < 4.78 is 5.41. The third-order valence-corrected chi connectivity index (χ3v) is 5.55. The number of benzene rings is 1. The van der Waals surface area contributed by atoms with E-state index in [1.807, 2.05) is 31.2 Å². The molecule has 4 rings (SSSR count). The van der Waals surface area contributed by atoms with Crippen LogP contribution in [0.4, 0.5) is 10.8 Å². The minimum atomic E-state index is -0.356. The third kappa shape index (κ3) is 3.29. The van der Waals surface area contributed by atoms with Gasteiger partial charge in [-0.1, -0.05) is 29.0 Å². The van der Waals surface area contributed by atoms with Crippen LogP contribution in [0.25, 0.3) is 0 Å². The van der Waals surface area contributed by atoms with E-state index in [2.05, 4.69) is 10.3 Å². The zero-order chi connectivity index (χ0) is 17.4. The number of aryl methyl sites for hydroxylation is 1. The molecule has 2 amide bonds. The molecule has 1 fully saturated rings. The molecule has 25 heavy (non-hydrogen) atoms. The van der Waals surface area contributed by atoms with Gasteiger partial charge in [0.15, 0.2) is 5.13 Å². The highest BCUT2D eigenvalue weighted by atomic mass is 32.1. The number of fused-ring (bicyclic) bond motifs is 1. The summed E-state index contributed by atoms with van der Waals surface area (Å²) in [5.41, 5.74) is 2.99. The smallest absolute Gasteiger partial charge is 0.231 e. The average molecular weight is 357 g/mol. The van der Waals surface area contributed by atoms with Gasteiger partial charge in [-0.05, 0) is 19.1 Å². The van der Waals surface area contributed by atoms with Crippen molar-refractivity contribution in [2.45, 2.75) is 26.4 Å². The second kappa shape index (κ2) is 6.57. The van der Waals surface area contributed by atoms with Gasteiger partial charge in [-0.2, -0.15) is 0 Å². The minimum Gasteiger partial charge on any atom is -0.375 e. The highest BCUT2D eigenvalue weighted by Gasteiger charge is 2.35. The first-order valence-electron chi connectivity index (χ1n) is 8.34. The van der Waals surface area contributed by atoms with Crippen molar-refractivity contribution in [2.24, 2.45) is 5.92 Å². The van der Waals surface area contributed by atoms with Gasteiger partial charge in [-0.25, -0.2) is 4.98 Å². The first-order valence-corrected chi connectivity index (χ1v) is 9.16. The number of nitrogens with one attached hydrogen (secondary N) is 1. The number of aromatic nitrogens is 1. The van der Waals surface area contributed by atoms with Crippen LogP contribution in [0.1, 0.15) is 22.6 Å². The van der Waals surface area contributed by atoms with Crippen molar-refractivity contribution in [1.29, 1.82) is 0 Å². The Bertz CT molecular complexity index is 792. The molecule has 1 N–H and O–H groups in total. The van der Waals surface area contributed by atoms with Crippen LogP contribution in [0.5, 0.6) is 0 Å². The van der Waals surface area contributed by atoms with Gasteiger partial charge in [0.05, 0.1) is 29.7 Å². The highest BCUT2D eigenvalue weighted by Crippen LogP contribution is 2.29. The molecule has 1 unspecified atom stereocenters. The van der Waals surface area contributed by atoms with E-state index in [1.54, 1.807) is 4.90 Å². The number of hydrogen-bond acceptors (Lipinski definition) is 5. The van der Waals surface area contributed by atoms with Gasteiger partial charge < -0.3 is 15.0 Å². The Balaban J connectivity index is 1.43. The van der Waals surface area contributed by atoms with Crippen LogP contribution in [0, 0.1) is 12.8 Å². The standard InChI is InChI=1S/C18H19N3O3S/c1-11-2-4-13(5-3-11)21-9-12(8-16(21)22)17(23)20-18-19-14-6-7-24-10-15(14)25-18/h2-5,12H,6-10H2,1H3,(H,19,20,23). The number of nitrogens with zero attached hydrogens (tertiary/aromatic N) is 2. The molecular formula is C18H19N3O3S. The van der Waals surface area contributed by atoms with Crippen molar-refractivity contribution in [3.05, 3.63) is 40.4 Å². The van der Waals surface area contributed by atoms with E-state index in [0.717, 1.165) is 28.2 Å². The van der Waals surface area contributed by atoms with Crippen LogP contribution in [0.2, 0.25) is 0 Å². The zero-order valence-electron chi connectivity index (χ0n) is 13.9. The van der Waals surface area contributed by atoms with Crippen LogP contribution in [-0.2, 0) is 27.4 Å². The topological polar surface area (TPSA) is 71.5 Å². The summed E-state index contributed by atoms with van der Waals surface area (Å²) in [6.07, 6.45) is 1.01. The molecule has 1 atom stereocenters. The van der Waals surface area contributed by atoms with Gasteiger partial charge in [0.1, 0.15) is 0 Å². The molecule has 3 heterocycles. The summed E-state index contributed by atoms with van der Waals surface area (Å²) in [5, 5.41) is 3.48. The van der Waals surface area contributed by atoms with Gasteiger partial charge >= 0.3 is 0 Å². The fourth-order valence-corrected chi connectivity index (χ4v) is 4.09. The Kier molecular flexibility index (Phi) is 4.27. The molecule has 7 heteroatoms. The predicted molar refractivity (Wildman–Crippen MR) is 95.7 cm³/mol. The van der Waals surface area contributed by atoms with Crippen LogP contribution in [0.15, 0.2) is 24.3 Å². The first-order chi connectivity index (χ1) is 12.1. The van der Waals surface area contributed by atoms with Crippen LogP contribution < -0.4 is 10.2 Å². The third-order valence-electron chi connectivity index (χ3n) is 4.57. The van der Waals surface area contributed by atoms with Crippen molar-refractivity contribution in [3.8, 4) is 0 Å². The number of hydrogen-bond donors (Lipinski definition) is 1. The summed E-state index contributed by atoms with van der Waals surface area (Å²) in [4.78, 5) is 32.1. The SMILES string of the molecule is Cc1ccc(N2CC(C(=O)Nc3nc4c(s3)COCC4)CC2=O)cc1. The number of anilines is 2. The Morgan fingerprint density at radius 1 is 1.36 bits per heavy atom. The lowest BCUT2D eigenvalue weighted by Gasteiger charge is -2.16. The quantitative estimate of drug-likeness (QED) is 0.916. The van der Waals surface area contributed by atoms with Gasteiger partial charge in [-0.3, -0.25) is 9.59 Å². The molecule has 0 spiro atoms. The maximum atomic E-state index is 12.5. The van der Waals surface area contributed by atoms with Crippen LogP contribution >= 0.6 is 11.3 Å². The van der Waals surface area contributed by atoms with Crippen LogP contribution in [-0.4, -0.2) is 29.9 Å². The van der Waals surface area contributed by atoms with E-state index < -0.39 is 0 Å². The average Bonchev–Trinajstić information content (AvgIpc) is 3.18. The number of ether oxygens (including phenoxy) is 1. The number of thiazole rings is 1. The lowest BCUT2D eigenvalue weighted by Crippen LogP contribution is -2.28. The van der Waals surface area contributed by atoms with Crippen LogP contribution in [0.3, 0.4) is 0 Å². The number of carbonyl (C=O) groups excluding carboxylic acids is 2. The molecule has 1 saturated heterocycles. The number of rotatable bonds is 3. The van der Waals surface area contributed by atoms with E-state index in [0.29, 0.717) is 24.9 Å². The van der Waals surface area contributed by atoms with Gasteiger partial charge in [0.2, 0.25) is 11.8 Å². The fourth-order valence-electron chi connectivity index (χ4n) is 3.14. The summed E-state index contributed by atoms with van der Waals surface area (Å²) >= 11 is 1.46. The maximum absolute atomic E-state index is 12.5. The molecule has 1 aromatic heterocycles.